The number of methoxy groups -OCH3 is 1. The van der Waals surface area contributed by atoms with E-state index >= 15 is 0 Å². The Morgan fingerprint density at radius 1 is 1.23 bits per heavy atom. The van der Waals surface area contributed by atoms with Crippen molar-refractivity contribution >= 4 is 5.91 Å². The Labute approximate surface area is 129 Å². The lowest BCUT2D eigenvalue weighted by molar-refractivity contribution is -0.122. The van der Waals surface area contributed by atoms with Crippen molar-refractivity contribution in [3.8, 4) is 11.5 Å². The third-order valence-electron chi connectivity index (χ3n) is 4.09. The van der Waals surface area contributed by atoms with E-state index in [0.717, 1.165) is 23.3 Å². The number of phenolic OH excluding ortho intramolecular Hbond substituents is 1. The molecule has 4 heteroatoms. The van der Waals surface area contributed by atoms with Crippen molar-refractivity contribution in [3.63, 3.8) is 0 Å². The molecule has 2 aromatic carbocycles. The van der Waals surface area contributed by atoms with E-state index in [0.29, 0.717) is 6.54 Å². The Balaban J connectivity index is 1.56. The molecule has 114 valence electrons. The average molecular weight is 297 g/mol. The molecule has 0 spiro atoms. The summed E-state index contributed by atoms with van der Waals surface area (Å²) in [6.07, 6.45) is 0.864. The fourth-order valence-corrected chi connectivity index (χ4v) is 2.74. The topological polar surface area (TPSA) is 58.6 Å². The van der Waals surface area contributed by atoms with Crippen molar-refractivity contribution in [2.45, 2.75) is 18.9 Å². The van der Waals surface area contributed by atoms with E-state index in [4.69, 9.17) is 4.74 Å². The summed E-state index contributed by atoms with van der Waals surface area (Å²) < 4.78 is 5.28. The number of ether oxygens (including phenoxy) is 1. The molecule has 0 radical (unpaired) electrons. The van der Waals surface area contributed by atoms with Crippen molar-refractivity contribution in [2.24, 2.45) is 5.92 Å². The number of rotatable bonds is 5. The molecular weight excluding hydrogens is 278 g/mol. The van der Waals surface area contributed by atoms with Crippen LogP contribution in [-0.4, -0.2) is 18.1 Å². The quantitative estimate of drug-likeness (QED) is 0.892. The summed E-state index contributed by atoms with van der Waals surface area (Å²) in [5.41, 5.74) is 2.08. The monoisotopic (exact) mass is 297 g/mol. The fraction of sp³-hybridized carbons (Fsp3) is 0.278. The number of amides is 1. The van der Waals surface area contributed by atoms with Gasteiger partial charge in [-0.2, -0.15) is 0 Å². The summed E-state index contributed by atoms with van der Waals surface area (Å²) in [6.45, 7) is 0.474. The molecule has 1 aliphatic carbocycles. The number of phenols is 1. The van der Waals surface area contributed by atoms with Crippen LogP contribution in [0.3, 0.4) is 0 Å². The Morgan fingerprint density at radius 2 is 1.95 bits per heavy atom. The van der Waals surface area contributed by atoms with Crippen LogP contribution in [0, 0.1) is 5.92 Å². The number of hydrogen-bond acceptors (Lipinski definition) is 3. The average Bonchev–Trinajstić information content (AvgIpc) is 3.34. The number of carbonyl (C=O) groups excluding carboxylic acids is 1. The molecule has 2 N–H and O–H groups in total. The van der Waals surface area contributed by atoms with Gasteiger partial charge in [-0.15, -0.1) is 0 Å². The summed E-state index contributed by atoms with van der Waals surface area (Å²) in [5, 5.41) is 12.3. The van der Waals surface area contributed by atoms with Crippen molar-refractivity contribution in [3.05, 3.63) is 59.7 Å². The maximum atomic E-state index is 12.2. The van der Waals surface area contributed by atoms with Gasteiger partial charge in [0.2, 0.25) is 5.91 Å². The first-order chi connectivity index (χ1) is 10.7. The first-order valence-electron chi connectivity index (χ1n) is 7.37. The largest absolute Gasteiger partial charge is 0.508 e. The van der Waals surface area contributed by atoms with Crippen molar-refractivity contribution in [2.75, 3.05) is 7.11 Å². The van der Waals surface area contributed by atoms with E-state index in [2.05, 4.69) is 5.32 Å². The number of carbonyl (C=O) groups is 1. The Kier molecular flexibility index (Phi) is 4.00. The predicted octanol–water partition coefficient (Wildman–Crippen LogP) is 2.82. The molecule has 2 unspecified atom stereocenters. The fourth-order valence-electron chi connectivity index (χ4n) is 2.74. The maximum Gasteiger partial charge on any atom is 0.224 e. The minimum atomic E-state index is 0.0271. The zero-order valence-electron chi connectivity index (χ0n) is 12.5. The smallest absolute Gasteiger partial charge is 0.224 e. The maximum absolute atomic E-state index is 12.2. The van der Waals surface area contributed by atoms with Gasteiger partial charge in [0.25, 0.3) is 0 Å². The highest BCUT2D eigenvalue weighted by Gasteiger charge is 2.43. The van der Waals surface area contributed by atoms with E-state index in [1.165, 1.54) is 0 Å². The lowest BCUT2D eigenvalue weighted by Crippen LogP contribution is -2.25. The first-order valence-corrected chi connectivity index (χ1v) is 7.37. The van der Waals surface area contributed by atoms with Crippen molar-refractivity contribution in [1.29, 1.82) is 0 Å². The van der Waals surface area contributed by atoms with Crippen LogP contribution in [0.1, 0.15) is 23.5 Å². The molecule has 0 aliphatic heterocycles. The number of hydrogen-bond donors (Lipinski definition) is 2. The summed E-state index contributed by atoms with van der Waals surface area (Å²) >= 11 is 0. The van der Waals surface area contributed by atoms with E-state index < -0.39 is 0 Å². The van der Waals surface area contributed by atoms with Gasteiger partial charge in [0.1, 0.15) is 11.5 Å². The van der Waals surface area contributed by atoms with Crippen LogP contribution in [0.25, 0.3) is 0 Å². The molecule has 0 bridgehead atoms. The summed E-state index contributed by atoms with van der Waals surface area (Å²) in [7, 11) is 1.63. The molecule has 22 heavy (non-hydrogen) atoms. The lowest BCUT2D eigenvalue weighted by atomic mass is 10.1. The second kappa shape index (κ2) is 6.10. The van der Waals surface area contributed by atoms with Crippen LogP contribution in [0.15, 0.2) is 48.5 Å². The van der Waals surface area contributed by atoms with Crippen LogP contribution in [0.4, 0.5) is 0 Å². The molecule has 1 aliphatic rings. The van der Waals surface area contributed by atoms with Gasteiger partial charge in [0.05, 0.1) is 7.11 Å². The molecule has 1 amide bonds. The minimum absolute atomic E-state index is 0.0271. The highest BCUT2D eigenvalue weighted by molar-refractivity contribution is 5.82. The summed E-state index contributed by atoms with van der Waals surface area (Å²) in [6, 6.07) is 14.8. The number of para-hydroxylation sites is 1. The Bertz CT molecular complexity index is 666. The van der Waals surface area contributed by atoms with E-state index in [-0.39, 0.29) is 23.5 Å². The van der Waals surface area contributed by atoms with Crippen LogP contribution >= 0.6 is 0 Å². The van der Waals surface area contributed by atoms with E-state index in [1.54, 1.807) is 19.2 Å². The summed E-state index contributed by atoms with van der Waals surface area (Å²) in [4.78, 5) is 12.2. The van der Waals surface area contributed by atoms with E-state index in [9.17, 15) is 9.90 Å². The first kappa shape index (κ1) is 14.4. The molecule has 0 aromatic heterocycles. The third-order valence-corrected chi connectivity index (χ3v) is 4.09. The third kappa shape index (κ3) is 3.06. The second-order valence-electron chi connectivity index (χ2n) is 5.57. The van der Waals surface area contributed by atoms with Crippen LogP contribution in [-0.2, 0) is 11.3 Å². The van der Waals surface area contributed by atoms with E-state index in [1.807, 2.05) is 36.4 Å². The lowest BCUT2D eigenvalue weighted by Gasteiger charge is -2.09. The Hall–Kier alpha value is -2.49. The summed E-state index contributed by atoms with van der Waals surface area (Å²) in [5.74, 6) is 1.40. The van der Waals surface area contributed by atoms with Crippen LogP contribution in [0.5, 0.6) is 11.5 Å². The molecular formula is C18H19NO3. The molecule has 4 nitrogen and oxygen atoms in total. The molecule has 0 heterocycles. The number of aromatic hydroxyl groups is 1. The van der Waals surface area contributed by atoms with Gasteiger partial charge in [-0.25, -0.2) is 0 Å². The minimum Gasteiger partial charge on any atom is -0.508 e. The van der Waals surface area contributed by atoms with Gasteiger partial charge in [-0.1, -0.05) is 30.3 Å². The van der Waals surface area contributed by atoms with Gasteiger partial charge in [-0.05, 0) is 36.1 Å². The zero-order valence-corrected chi connectivity index (χ0v) is 12.5. The highest BCUT2D eigenvalue weighted by atomic mass is 16.5. The molecule has 3 rings (SSSR count). The standard InChI is InChI=1S/C18H19NO3/c1-22-17-5-3-2-4-13(17)11-19-18(21)16-10-15(16)12-6-8-14(20)9-7-12/h2-9,15-16,20H,10-11H2,1H3,(H,19,21). The van der Waals surface area contributed by atoms with Gasteiger partial charge in [-0.3, -0.25) is 4.79 Å². The number of nitrogens with one attached hydrogen (secondary N) is 1. The predicted molar refractivity (Wildman–Crippen MR) is 83.8 cm³/mol. The van der Waals surface area contributed by atoms with Crippen LogP contribution in [0.2, 0.25) is 0 Å². The molecule has 2 aromatic rings. The van der Waals surface area contributed by atoms with Gasteiger partial charge in [0, 0.05) is 18.0 Å². The van der Waals surface area contributed by atoms with Crippen molar-refractivity contribution < 1.29 is 14.6 Å². The molecule has 2 atom stereocenters. The molecule has 0 saturated heterocycles. The zero-order chi connectivity index (χ0) is 15.5. The van der Waals surface area contributed by atoms with Crippen molar-refractivity contribution in [1.82, 2.24) is 5.32 Å². The van der Waals surface area contributed by atoms with Gasteiger partial charge in [0.15, 0.2) is 0 Å². The molecule has 1 fully saturated rings. The highest BCUT2D eigenvalue weighted by Crippen LogP contribution is 2.47. The number of benzene rings is 2. The molecule has 1 saturated carbocycles. The normalized spacial score (nSPS) is 19.5. The van der Waals surface area contributed by atoms with Gasteiger partial charge >= 0.3 is 0 Å². The SMILES string of the molecule is COc1ccccc1CNC(=O)C1CC1c1ccc(O)cc1. The van der Waals surface area contributed by atoms with Gasteiger partial charge < -0.3 is 15.2 Å². The van der Waals surface area contributed by atoms with Crippen LogP contribution < -0.4 is 10.1 Å². The second-order valence-corrected chi connectivity index (χ2v) is 5.57. The Morgan fingerprint density at radius 3 is 2.68 bits per heavy atom.